The minimum Gasteiger partial charge on any atom is -0.550 e. The number of likely N-dealkylation sites (tertiary alicyclic amines) is 1. The first-order valence-corrected chi connectivity index (χ1v) is 7.55. The molecular weight excluding hydrogens is 286 g/mol. The maximum Gasteiger partial charge on any atom is 0.230 e. The molecule has 2 fully saturated rings. The number of methoxy groups -OCH3 is 1. The van der Waals surface area contributed by atoms with Gasteiger partial charge < -0.3 is 24.3 Å². The van der Waals surface area contributed by atoms with Gasteiger partial charge in [0.25, 0.3) is 0 Å². The lowest BCUT2D eigenvalue weighted by atomic mass is 9.74. The third-order valence-electron chi connectivity index (χ3n) is 4.94. The molecule has 1 amide bonds. The third-order valence-corrected chi connectivity index (χ3v) is 4.94. The van der Waals surface area contributed by atoms with Gasteiger partial charge in [0.15, 0.2) is 0 Å². The summed E-state index contributed by atoms with van der Waals surface area (Å²) in [5.41, 5.74) is -0.853. The van der Waals surface area contributed by atoms with E-state index in [4.69, 9.17) is 9.47 Å². The standard InChI is InChI=1S/C16H21NO5/c1-3-5-11-16-7-6-10(22-16)12(15(19)20)13(16)14(18)17(11)8-4-9-21-2/h3,6-7,10-13H,1,4-5,8-9H2,2H3,(H,19,20)/p-1/t10-,11-,12-,13+,16+/m0/s1. The Morgan fingerprint density at radius 3 is 3.05 bits per heavy atom. The molecule has 0 N–H and O–H groups in total. The van der Waals surface area contributed by atoms with Crippen LogP contribution in [0.5, 0.6) is 0 Å². The van der Waals surface area contributed by atoms with E-state index in [0.717, 1.165) is 0 Å². The second-order valence-electron chi connectivity index (χ2n) is 6.04. The molecule has 0 aromatic heterocycles. The van der Waals surface area contributed by atoms with Crippen LogP contribution >= 0.6 is 0 Å². The quantitative estimate of drug-likeness (QED) is 0.468. The van der Waals surface area contributed by atoms with Gasteiger partial charge in [0, 0.05) is 32.1 Å². The molecule has 3 rings (SSSR count). The van der Waals surface area contributed by atoms with Crippen molar-refractivity contribution in [2.45, 2.75) is 30.6 Å². The third kappa shape index (κ3) is 1.94. The SMILES string of the molecule is C=CC[C@@H]1N(CCCOC)C(=O)[C@H]2[C@@H](C(=O)[O-])[C@@H]3C=C[C@@]12O3. The number of amides is 1. The first-order chi connectivity index (χ1) is 10.6. The lowest BCUT2D eigenvalue weighted by molar-refractivity contribution is -0.313. The minimum absolute atomic E-state index is 0.163. The van der Waals surface area contributed by atoms with Crippen LogP contribution in [0.15, 0.2) is 24.8 Å². The Hall–Kier alpha value is -1.66. The number of ether oxygens (including phenoxy) is 2. The first kappa shape index (κ1) is 15.2. The highest BCUT2D eigenvalue weighted by molar-refractivity contribution is 5.91. The van der Waals surface area contributed by atoms with Crippen molar-refractivity contribution >= 4 is 11.9 Å². The van der Waals surface area contributed by atoms with E-state index in [2.05, 4.69) is 6.58 Å². The summed E-state index contributed by atoms with van der Waals surface area (Å²) in [5.74, 6) is -2.98. The molecular formula is C16H20NO5-. The van der Waals surface area contributed by atoms with Crippen molar-refractivity contribution in [2.75, 3.05) is 20.3 Å². The summed E-state index contributed by atoms with van der Waals surface area (Å²) in [6.07, 6.45) is 6.05. The molecule has 0 unspecified atom stereocenters. The number of carbonyl (C=O) groups is 2. The molecule has 3 aliphatic heterocycles. The molecule has 120 valence electrons. The summed E-state index contributed by atoms with van der Waals surface area (Å²) in [6, 6.07) is -0.218. The van der Waals surface area contributed by atoms with Crippen molar-refractivity contribution < 1.29 is 24.2 Å². The van der Waals surface area contributed by atoms with Gasteiger partial charge in [-0.3, -0.25) is 4.79 Å². The van der Waals surface area contributed by atoms with Crippen molar-refractivity contribution in [2.24, 2.45) is 11.8 Å². The number of rotatable bonds is 7. The van der Waals surface area contributed by atoms with E-state index in [0.29, 0.717) is 26.0 Å². The Balaban J connectivity index is 1.92. The van der Waals surface area contributed by atoms with Crippen LogP contribution in [0.4, 0.5) is 0 Å². The fourth-order valence-electron chi connectivity index (χ4n) is 4.10. The van der Waals surface area contributed by atoms with Crippen LogP contribution in [0.25, 0.3) is 0 Å². The number of hydrogen-bond acceptors (Lipinski definition) is 5. The van der Waals surface area contributed by atoms with Crippen molar-refractivity contribution in [1.82, 2.24) is 4.90 Å². The van der Waals surface area contributed by atoms with Crippen molar-refractivity contribution in [3.63, 3.8) is 0 Å². The highest BCUT2D eigenvalue weighted by atomic mass is 16.5. The molecule has 3 aliphatic rings. The summed E-state index contributed by atoms with van der Waals surface area (Å²) in [6.45, 7) is 4.82. The Labute approximate surface area is 129 Å². The maximum absolute atomic E-state index is 12.8. The summed E-state index contributed by atoms with van der Waals surface area (Å²) < 4.78 is 11.0. The van der Waals surface area contributed by atoms with Crippen LogP contribution in [0, 0.1) is 11.8 Å². The molecule has 0 aromatic rings. The predicted octanol–water partition coefficient (Wildman–Crippen LogP) is -0.500. The fourth-order valence-corrected chi connectivity index (χ4v) is 4.10. The zero-order chi connectivity index (χ0) is 15.9. The van der Waals surface area contributed by atoms with Crippen LogP contribution in [0.1, 0.15) is 12.8 Å². The van der Waals surface area contributed by atoms with E-state index in [9.17, 15) is 14.7 Å². The number of fused-ring (bicyclic) bond motifs is 1. The second kappa shape index (κ2) is 5.52. The maximum atomic E-state index is 12.8. The smallest absolute Gasteiger partial charge is 0.230 e. The van der Waals surface area contributed by atoms with Gasteiger partial charge in [-0.2, -0.15) is 0 Å². The van der Waals surface area contributed by atoms with Crippen molar-refractivity contribution in [3.8, 4) is 0 Å². The number of carboxylic acids is 1. The number of carbonyl (C=O) groups excluding carboxylic acids is 2. The molecule has 1 spiro atoms. The van der Waals surface area contributed by atoms with E-state index in [1.165, 1.54) is 0 Å². The van der Waals surface area contributed by atoms with E-state index in [-0.39, 0.29) is 11.9 Å². The highest BCUT2D eigenvalue weighted by Gasteiger charge is 2.69. The predicted molar refractivity (Wildman–Crippen MR) is 75.5 cm³/mol. The van der Waals surface area contributed by atoms with Gasteiger partial charge in [-0.25, -0.2) is 0 Å². The lowest BCUT2D eigenvalue weighted by Gasteiger charge is -2.32. The van der Waals surface area contributed by atoms with E-state index in [1.54, 1.807) is 24.2 Å². The molecule has 2 saturated heterocycles. The van der Waals surface area contributed by atoms with Crippen LogP contribution in [0.3, 0.4) is 0 Å². The molecule has 5 atom stereocenters. The first-order valence-electron chi connectivity index (χ1n) is 7.55. The van der Waals surface area contributed by atoms with Crippen LogP contribution in [-0.2, 0) is 19.1 Å². The number of carboxylic acid groups (broad SMARTS) is 1. The summed E-state index contributed by atoms with van der Waals surface area (Å²) in [5, 5.41) is 11.5. The summed E-state index contributed by atoms with van der Waals surface area (Å²) >= 11 is 0. The van der Waals surface area contributed by atoms with Gasteiger partial charge in [0.05, 0.1) is 18.1 Å². The molecule has 0 aromatic carbocycles. The average molecular weight is 306 g/mol. The topological polar surface area (TPSA) is 78.9 Å². The van der Waals surface area contributed by atoms with Gasteiger partial charge in [-0.15, -0.1) is 6.58 Å². The summed E-state index contributed by atoms with van der Waals surface area (Å²) in [4.78, 5) is 26.0. The van der Waals surface area contributed by atoms with E-state index >= 15 is 0 Å². The molecule has 0 aliphatic carbocycles. The Bertz CT molecular complexity index is 531. The highest BCUT2D eigenvalue weighted by Crippen LogP contribution is 2.55. The van der Waals surface area contributed by atoms with Crippen LogP contribution in [-0.4, -0.2) is 54.8 Å². The minimum atomic E-state index is -1.22. The molecule has 0 radical (unpaired) electrons. The van der Waals surface area contributed by atoms with Gasteiger partial charge in [0.1, 0.15) is 5.60 Å². The fraction of sp³-hybridized carbons (Fsp3) is 0.625. The van der Waals surface area contributed by atoms with E-state index < -0.39 is 29.5 Å². The number of aliphatic carboxylic acids is 1. The molecule has 6 nitrogen and oxygen atoms in total. The Kier molecular flexibility index (Phi) is 3.82. The van der Waals surface area contributed by atoms with Gasteiger partial charge in [-0.05, 0) is 12.8 Å². The average Bonchev–Trinajstić information content (AvgIpc) is 3.11. The Morgan fingerprint density at radius 2 is 2.41 bits per heavy atom. The second-order valence-corrected chi connectivity index (χ2v) is 6.04. The van der Waals surface area contributed by atoms with Crippen LogP contribution in [0.2, 0.25) is 0 Å². The zero-order valence-electron chi connectivity index (χ0n) is 12.6. The molecule has 0 saturated carbocycles. The molecule has 22 heavy (non-hydrogen) atoms. The van der Waals surface area contributed by atoms with E-state index in [1.807, 2.05) is 6.08 Å². The number of hydrogen-bond donors (Lipinski definition) is 0. The van der Waals surface area contributed by atoms with Gasteiger partial charge >= 0.3 is 0 Å². The number of nitrogens with zero attached hydrogens (tertiary/aromatic N) is 1. The molecule has 2 bridgehead atoms. The molecule has 6 heteroatoms. The van der Waals surface area contributed by atoms with Crippen molar-refractivity contribution in [1.29, 1.82) is 0 Å². The monoisotopic (exact) mass is 306 g/mol. The zero-order valence-corrected chi connectivity index (χ0v) is 12.6. The largest absolute Gasteiger partial charge is 0.550 e. The molecule has 3 heterocycles. The van der Waals surface area contributed by atoms with Crippen molar-refractivity contribution in [3.05, 3.63) is 24.8 Å². The lowest BCUT2D eigenvalue weighted by Crippen LogP contribution is -2.46. The van der Waals surface area contributed by atoms with Gasteiger partial charge in [0.2, 0.25) is 5.91 Å². The Morgan fingerprint density at radius 1 is 1.64 bits per heavy atom. The van der Waals surface area contributed by atoms with Crippen LogP contribution < -0.4 is 5.11 Å². The summed E-state index contributed by atoms with van der Waals surface area (Å²) in [7, 11) is 1.61. The normalized spacial score (nSPS) is 38.6. The van der Waals surface area contributed by atoms with Gasteiger partial charge in [-0.1, -0.05) is 18.2 Å².